The second kappa shape index (κ2) is 8.01. The van der Waals surface area contributed by atoms with Gasteiger partial charge in [0.1, 0.15) is 38.3 Å². The minimum Gasteiger partial charge on any atom is -0.323 e. The lowest BCUT2D eigenvalue weighted by atomic mass is 9.77. The second-order valence-electron chi connectivity index (χ2n) is 8.89. The van der Waals surface area contributed by atoms with Crippen LogP contribution in [-0.4, -0.2) is 55.2 Å². The summed E-state index contributed by atoms with van der Waals surface area (Å²) in [5, 5.41) is 3.80. The van der Waals surface area contributed by atoms with Crippen molar-refractivity contribution >= 4 is 23.5 Å². The first-order chi connectivity index (χ1) is 13.4. The van der Waals surface area contributed by atoms with Crippen molar-refractivity contribution in [2.75, 3.05) is 32.8 Å². The number of nitrogens with one attached hydrogen (secondary N) is 3. The molecular formula is C21H31ClN4O2+2. The maximum absolute atomic E-state index is 13.0. The summed E-state index contributed by atoms with van der Waals surface area (Å²) in [5.41, 5.74) is 0.676. The average Bonchev–Trinajstić information content (AvgIpc) is 2.92. The predicted molar refractivity (Wildman–Crippen MR) is 107 cm³/mol. The summed E-state index contributed by atoms with van der Waals surface area (Å²) in [5.74, 6) is 0.652. The number of amides is 3. The molecule has 0 radical (unpaired) electrons. The van der Waals surface area contributed by atoms with E-state index in [1.54, 1.807) is 4.90 Å². The van der Waals surface area contributed by atoms with E-state index < -0.39 is 5.54 Å². The molecule has 3 amide bonds. The minimum absolute atomic E-state index is 0.00726. The van der Waals surface area contributed by atoms with Gasteiger partial charge in [-0.05, 0) is 43.7 Å². The third-order valence-corrected chi connectivity index (χ3v) is 7.04. The van der Waals surface area contributed by atoms with Crippen LogP contribution in [0.1, 0.15) is 38.2 Å². The molecule has 1 aliphatic carbocycles. The number of carbonyl (C=O) groups is 2. The summed E-state index contributed by atoms with van der Waals surface area (Å²) in [6, 6.07) is 7.87. The highest BCUT2D eigenvalue weighted by atomic mass is 35.5. The normalized spacial score (nSPS) is 33.4. The van der Waals surface area contributed by atoms with Crippen LogP contribution in [0, 0.1) is 5.92 Å². The number of quaternary nitrogens is 2. The first-order valence-electron chi connectivity index (χ1n) is 10.5. The molecule has 0 atom stereocenters. The smallest absolute Gasteiger partial charge is 0.323 e. The lowest BCUT2D eigenvalue weighted by molar-refractivity contribution is -1.02. The van der Waals surface area contributed by atoms with Crippen molar-refractivity contribution in [1.29, 1.82) is 0 Å². The summed E-state index contributed by atoms with van der Waals surface area (Å²) in [6.45, 7) is 7.76. The molecule has 28 heavy (non-hydrogen) atoms. The number of piperazine rings is 1. The molecule has 0 aromatic heterocycles. The van der Waals surface area contributed by atoms with E-state index in [0.717, 1.165) is 63.4 Å². The predicted octanol–water partition coefficient (Wildman–Crippen LogP) is 0.0816. The van der Waals surface area contributed by atoms with E-state index in [4.69, 9.17) is 11.6 Å². The summed E-state index contributed by atoms with van der Waals surface area (Å²) < 4.78 is 0. The van der Waals surface area contributed by atoms with Crippen LogP contribution in [0.4, 0.5) is 4.79 Å². The molecule has 6 nitrogen and oxygen atoms in total. The fourth-order valence-electron chi connectivity index (χ4n) is 4.82. The van der Waals surface area contributed by atoms with Gasteiger partial charge in [-0.1, -0.05) is 30.7 Å². The molecule has 3 N–H and O–H groups in total. The van der Waals surface area contributed by atoms with E-state index in [1.165, 1.54) is 15.4 Å². The second-order valence-corrected chi connectivity index (χ2v) is 9.33. The Hall–Kier alpha value is -1.63. The monoisotopic (exact) mass is 406 g/mol. The van der Waals surface area contributed by atoms with E-state index in [1.807, 2.05) is 12.1 Å². The molecule has 0 bridgehead atoms. The molecular weight excluding hydrogens is 376 g/mol. The van der Waals surface area contributed by atoms with E-state index >= 15 is 0 Å². The van der Waals surface area contributed by atoms with Gasteiger partial charge in [0.2, 0.25) is 0 Å². The Kier molecular flexibility index (Phi) is 5.63. The molecule has 3 aliphatic rings. The highest BCUT2D eigenvalue weighted by Gasteiger charge is 2.53. The zero-order valence-electron chi connectivity index (χ0n) is 16.6. The standard InChI is InChI=1S/C21H29ClN4O2/c1-16-6-8-21(9-7-16)19(27)26(20(28)23-21)15-25-12-10-24(11-13-25)14-17-2-4-18(22)5-3-17/h2-5,16H,6-15H2,1H3,(H,23,28)/p+2. The van der Waals surface area contributed by atoms with Gasteiger partial charge in [0.15, 0.2) is 6.67 Å². The lowest BCUT2D eigenvalue weighted by Gasteiger charge is -2.34. The van der Waals surface area contributed by atoms with Crippen molar-refractivity contribution < 1.29 is 19.4 Å². The van der Waals surface area contributed by atoms with Crippen LogP contribution in [0.2, 0.25) is 5.02 Å². The number of benzene rings is 1. The Morgan fingerprint density at radius 3 is 2.32 bits per heavy atom. The Balaban J connectivity index is 1.29. The molecule has 1 saturated carbocycles. The van der Waals surface area contributed by atoms with Crippen molar-refractivity contribution in [1.82, 2.24) is 10.2 Å². The lowest BCUT2D eigenvalue weighted by Crippen LogP contribution is -3.28. The van der Waals surface area contributed by atoms with E-state index in [0.29, 0.717) is 12.6 Å². The van der Waals surface area contributed by atoms with Crippen LogP contribution < -0.4 is 15.1 Å². The van der Waals surface area contributed by atoms with Gasteiger partial charge in [0.05, 0.1) is 0 Å². The fraction of sp³-hybridized carbons (Fsp3) is 0.619. The summed E-state index contributed by atoms with van der Waals surface area (Å²) >= 11 is 5.96. The first kappa shape index (κ1) is 19.7. The molecule has 1 aromatic rings. The maximum atomic E-state index is 13.0. The van der Waals surface area contributed by atoms with Gasteiger partial charge in [-0.15, -0.1) is 0 Å². The van der Waals surface area contributed by atoms with Crippen molar-refractivity contribution in [3.05, 3.63) is 34.9 Å². The number of carbonyl (C=O) groups excluding carboxylic acids is 2. The molecule has 3 fully saturated rings. The van der Waals surface area contributed by atoms with E-state index in [-0.39, 0.29) is 11.9 Å². The SMILES string of the molecule is CC1CCC2(CC1)NC(=O)N(C[NH+]1CC[NH+](Cc3ccc(Cl)cc3)CC1)C2=O. The molecule has 4 rings (SSSR count). The van der Waals surface area contributed by atoms with Crippen LogP contribution in [-0.2, 0) is 11.3 Å². The van der Waals surface area contributed by atoms with E-state index in [2.05, 4.69) is 24.4 Å². The summed E-state index contributed by atoms with van der Waals surface area (Å²) in [7, 11) is 0. The zero-order valence-corrected chi connectivity index (χ0v) is 17.4. The molecule has 2 aliphatic heterocycles. The topological polar surface area (TPSA) is 58.3 Å². The van der Waals surface area contributed by atoms with Gasteiger partial charge in [0.25, 0.3) is 5.91 Å². The van der Waals surface area contributed by atoms with Crippen LogP contribution in [0.5, 0.6) is 0 Å². The van der Waals surface area contributed by atoms with Gasteiger partial charge in [-0.25, -0.2) is 9.69 Å². The van der Waals surface area contributed by atoms with Gasteiger partial charge < -0.3 is 15.1 Å². The van der Waals surface area contributed by atoms with Crippen LogP contribution >= 0.6 is 11.6 Å². The molecule has 0 unspecified atom stereocenters. The van der Waals surface area contributed by atoms with Crippen molar-refractivity contribution in [3.8, 4) is 0 Å². The van der Waals surface area contributed by atoms with Gasteiger partial charge in [0, 0.05) is 10.6 Å². The third-order valence-electron chi connectivity index (χ3n) is 6.79. The van der Waals surface area contributed by atoms with Gasteiger partial charge >= 0.3 is 6.03 Å². The molecule has 2 heterocycles. The number of imide groups is 1. The quantitative estimate of drug-likeness (QED) is 0.620. The largest absolute Gasteiger partial charge is 0.329 e. The molecule has 1 aromatic carbocycles. The Labute approximate surface area is 171 Å². The highest BCUT2D eigenvalue weighted by Crippen LogP contribution is 2.35. The minimum atomic E-state index is -0.620. The number of hydrogen-bond acceptors (Lipinski definition) is 2. The number of hydrogen-bond donors (Lipinski definition) is 3. The molecule has 1 spiro atoms. The maximum Gasteiger partial charge on any atom is 0.329 e. The molecule has 2 saturated heterocycles. The number of nitrogens with zero attached hydrogens (tertiary/aromatic N) is 1. The summed E-state index contributed by atoms with van der Waals surface area (Å²) in [4.78, 5) is 29.9. The Morgan fingerprint density at radius 2 is 1.68 bits per heavy atom. The van der Waals surface area contributed by atoms with Crippen molar-refractivity contribution in [3.63, 3.8) is 0 Å². The third kappa shape index (κ3) is 4.04. The fourth-order valence-corrected chi connectivity index (χ4v) is 4.95. The Morgan fingerprint density at radius 1 is 1.07 bits per heavy atom. The van der Waals surface area contributed by atoms with Crippen molar-refractivity contribution in [2.24, 2.45) is 5.92 Å². The van der Waals surface area contributed by atoms with Crippen LogP contribution in [0.25, 0.3) is 0 Å². The Bertz CT molecular complexity index is 722. The number of urea groups is 1. The van der Waals surface area contributed by atoms with Crippen molar-refractivity contribution in [2.45, 2.75) is 44.7 Å². The van der Waals surface area contributed by atoms with Crippen LogP contribution in [0.3, 0.4) is 0 Å². The van der Waals surface area contributed by atoms with E-state index in [9.17, 15) is 9.59 Å². The van der Waals surface area contributed by atoms with Gasteiger partial charge in [-0.3, -0.25) is 4.79 Å². The van der Waals surface area contributed by atoms with Gasteiger partial charge in [-0.2, -0.15) is 0 Å². The molecule has 152 valence electrons. The highest BCUT2D eigenvalue weighted by molar-refractivity contribution is 6.30. The summed E-state index contributed by atoms with van der Waals surface area (Å²) in [6.07, 6.45) is 3.59. The zero-order chi connectivity index (χ0) is 19.7. The molecule has 7 heteroatoms. The number of rotatable bonds is 4. The van der Waals surface area contributed by atoms with Crippen LogP contribution in [0.15, 0.2) is 24.3 Å². The first-order valence-corrected chi connectivity index (χ1v) is 10.9. The average molecular weight is 407 g/mol. The number of halogens is 1.